The van der Waals surface area contributed by atoms with Gasteiger partial charge in [-0.05, 0) is 58.1 Å². The van der Waals surface area contributed by atoms with E-state index in [1.54, 1.807) is 23.5 Å². The summed E-state index contributed by atoms with van der Waals surface area (Å²) in [6.07, 6.45) is 0. The highest BCUT2D eigenvalue weighted by molar-refractivity contribution is 9.10. The van der Waals surface area contributed by atoms with Gasteiger partial charge < -0.3 is 10.7 Å². The van der Waals surface area contributed by atoms with E-state index in [4.69, 9.17) is 5.84 Å². The van der Waals surface area contributed by atoms with Crippen molar-refractivity contribution in [1.29, 1.82) is 0 Å². The predicted molar refractivity (Wildman–Crippen MR) is 82.2 cm³/mol. The van der Waals surface area contributed by atoms with Crippen molar-refractivity contribution in [2.45, 2.75) is 13.5 Å². The molecule has 6 heteroatoms. The van der Waals surface area contributed by atoms with Crippen molar-refractivity contribution in [3.05, 3.63) is 50.1 Å². The van der Waals surface area contributed by atoms with Crippen LogP contribution in [0.1, 0.15) is 20.8 Å². The lowest BCUT2D eigenvalue weighted by atomic mass is 10.1. The monoisotopic (exact) mass is 339 g/mol. The normalized spacial score (nSPS) is 10.3. The molecule has 0 fully saturated rings. The second kappa shape index (κ2) is 6.18. The van der Waals surface area contributed by atoms with E-state index in [2.05, 4.69) is 26.7 Å². The first kappa shape index (κ1) is 14.0. The fourth-order valence-corrected chi connectivity index (χ4v) is 3.11. The number of halogens is 1. The zero-order valence-corrected chi connectivity index (χ0v) is 12.8. The van der Waals surface area contributed by atoms with Crippen LogP contribution in [0.2, 0.25) is 0 Å². The number of nitrogens with one attached hydrogen (secondary N) is 2. The molecule has 1 aromatic heterocycles. The number of hydrogen-bond acceptors (Lipinski definition) is 4. The van der Waals surface area contributed by atoms with Crippen LogP contribution in [0, 0.1) is 6.92 Å². The van der Waals surface area contributed by atoms with Crippen LogP contribution in [0.3, 0.4) is 0 Å². The molecule has 0 atom stereocenters. The molecule has 4 N–H and O–H groups in total. The largest absolute Gasteiger partial charge is 0.347 e. The Hall–Kier alpha value is -1.37. The van der Waals surface area contributed by atoms with Crippen molar-refractivity contribution in [3.8, 4) is 0 Å². The Morgan fingerprint density at radius 3 is 2.79 bits per heavy atom. The summed E-state index contributed by atoms with van der Waals surface area (Å²) in [5.41, 5.74) is 4.97. The Kier molecular flexibility index (Phi) is 4.57. The van der Waals surface area contributed by atoms with Crippen LogP contribution in [0.4, 0.5) is 5.69 Å². The number of benzene rings is 1. The second-order valence-electron chi connectivity index (χ2n) is 4.05. The number of carbonyl (C=O) groups excluding carboxylic acids is 1. The highest BCUT2D eigenvalue weighted by atomic mass is 79.9. The molecule has 0 unspecified atom stereocenters. The van der Waals surface area contributed by atoms with Crippen molar-refractivity contribution >= 4 is 38.9 Å². The molecule has 0 saturated heterocycles. The number of hydrogen-bond donors (Lipinski definition) is 3. The summed E-state index contributed by atoms with van der Waals surface area (Å²) in [5.74, 6) is 5.27. The Morgan fingerprint density at radius 2 is 2.21 bits per heavy atom. The van der Waals surface area contributed by atoms with E-state index < -0.39 is 0 Å². The molecule has 4 nitrogen and oxygen atoms in total. The molecular weight excluding hydrogens is 326 g/mol. The Morgan fingerprint density at radius 1 is 1.42 bits per heavy atom. The fraction of sp³-hybridized carbons (Fsp3) is 0.154. The number of nitrogen functional groups attached to an aromatic ring is 1. The van der Waals surface area contributed by atoms with Crippen LogP contribution in [-0.2, 0) is 6.54 Å². The first-order chi connectivity index (χ1) is 9.11. The van der Waals surface area contributed by atoms with E-state index >= 15 is 0 Å². The number of nitrogens with two attached hydrogens (primary N) is 1. The quantitative estimate of drug-likeness (QED) is 0.592. The van der Waals surface area contributed by atoms with Gasteiger partial charge in [-0.15, -0.1) is 11.3 Å². The topological polar surface area (TPSA) is 67.2 Å². The van der Waals surface area contributed by atoms with Gasteiger partial charge in [0.25, 0.3) is 5.91 Å². The highest BCUT2D eigenvalue weighted by Crippen LogP contribution is 2.22. The van der Waals surface area contributed by atoms with Crippen molar-refractivity contribution < 1.29 is 4.79 Å². The molecule has 0 spiro atoms. The number of thiophene rings is 1. The number of anilines is 1. The molecule has 19 heavy (non-hydrogen) atoms. The average molecular weight is 340 g/mol. The van der Waals surface area contributed by atoms with Crippen LogP contribution >= 0.6 is 27.3 Å². The Balaban J connectivity index is 2.04. The molecule has 0 aliphatic heterocycles. The molecule has 0 radical (unpaired) electrons. The summed E-state index contributed by atoms with van der Waals surface area (Å²) in [5, 5.41) is 4.88. The zero-order chi connectivity index (χ0) is 13.8. The molecule has 2 rings (SSSR count). The maximum atomic E-state index is 12.0. The third-order valence-electron chi connectivity index (χ3n) is 2.74. The maximum Gasteiger partial charge on any atom is 0.251 e. The number of aryl methyl sites for hydroxylation is 1. The third kappa shape index (κ3) is 3.34. The summed E-state index contributed by atoms with van der Waals surface area (Å²) < 4.78 is 1.02. The van der Waals surface area contributed by atoms with Gasteiger partial charge in [0.05, 0.1) is 12.2 Å². The summed E-state index contributed by atoms with van der Waals surface area (Å²) in [6, 6.07) is 7.33. The van der Waals surface area contributed by atoms with Gasteiger partial charge >= 0.3 is 0 Å². The minimum atomic E-state index is -0.0908. The fourth-order valence-electron chi connectivity index (χ4n) is 1.68. The molecule has 0 bridgehead atoms. The van der Waals surface area contributed by atoms with Crippen LogP contribution in [0.25, 0.3) is 0 Å². The van der Waals surface area contributed by atoms with Gasteiger partial charge in [0.1, 0.15) is 0 Å². The van der Waals surface area contributed by atoms with E-state index in [0.717, 1.165) is 20.6 Å². The van der Waals surface area contributed by atoms with Gasteiger partial charge in [-0.1, -0.05) is 0 Å². The molecule has 1 aromatic carbocycles. The molecule has 1 heterocycles. The first-order valence-corrected chi connectivity index (χ1v) is 7.36. The highest BCUT2D eigenvalue weighted by Gasteiger charge is 2.08. The van der Waals surface area contributed by atoms with E-state index in [1.165, 1.54) is 0 Å². The summed E-state index contributed by atoms with van der Waals surface area (Å²) >= 11 is 5.05. The number of carbonyl (C=O) groups is 1. The second-order valence-corrected chi connectivity index (χ2v) is 5.90. The van der Waals surface area contributed by atoms with Gasteiger partial charge in [-0.2, -0.15) is 0 Å². The lowest BCUT2D eigenvalue weighted by Crippen LogP contribution is -2.22. The summed E-state index contributed by atoms with van der Waals surface area (Å²) in [7, 11) is 0. The third-order valence-corrected chi connectivity index (χ3v) is 4.67. The summed E-state index contributed by atoms with van der Waals surface area (Å²) in [4.78, 5) is 13.1. The van der Waals surface area contributed by atoms with Crippen LogP contribution in [-0.4, -0.2) is 5.91 Å². The van der Waals surface area contributed by atoms with E-state index in [0.29, 0.717) is 12.1 Å². The predicted octanol–water partition coefficient (Wildman–Crippen LogP) is 3.03. The molecular formula is C13H14BrN3OS. The van der Waals surface area contributed by atoms with E-state index in [-0.39, 0.29) is 5.91 Å². The van der Waals surface area contributed by atoms with Crippen molar-refractivity contribution in [2.24, 2.45) is 5.84 Å². The molecule has 1 amide bonds. The Bertz CT molecular complexity index is 597. The van der Waals surface area contributed by atoms with Gasteiger partial charge in [0, 0.05) is 14.9 Å². The van der Waals surface area contributed by atoms with Gasteiger partial charge in [0.15, 0.2) is 0 Å². The van der Waals surface area contributed by atoms with E-state index in [9.17, 15) is 4.79 Å². The minimum absolute atomic E-state index is 0.0908. The smallest absolute Gasteiger partial charge is 0.251 e. The number of amides is 1. The lowest BCUT2D eigenvalue weighted by molar-refractivity contribution is 0.0951. The standard InChI is InChI=1S/C13H14BrN3OS/c1-8-6-9(2-3-11(8)17-15)13(18)16-7-12-10(14)4-5-19-12/h2-6,17H,7,15H2,1H3,(H,16,18). The molecule has 100 valence electrons. The van der Waals surface area contributed by atoms with E-state index in [1.807, 2.05) is 24.4 Å². The average Bonchev–Trinajstić information content (AvgIpc) is 2.81. The zero-order valence-electron chi connectivity index (χ0n) is 10.4. The van der Waals surface area contributed by atoms with Gasteiger partial charge in [-0.25, -0.2) is 0 Å². The minimum Gasteiger partial charge on any atom is -0.347 e. The molecule has 2 aromatic rings. The SMILES string of the molecule is Cc1cc(C(=O)NCc2sccc2Br)ccc1NN. The first-order valence-electron chi connectivity index (χ1n) is 5.69. The molecule has 0 aliphatic rings. The van der Waals surface area contributed by atoms with Crippen molar-refractivity contribution in [1.82, 2.24) is 5.32 Å². The van der Waals surface area contributed by atoms with Crippen LogP contribution < -0.4 is 16.6 Å². The molecule has 0 saturated carbocycles. The van der Waals surface area contributed by atoms with Crippen molar-refractivity contribution in [3.63, 3.8) is 0 Å². The van der Waals surface area contributed by atoms with Gasteiger partial charge in [-0.3, -0.25) is 10.6 Å². The molecule has 0 aliphatic carbocycles. The number of rotatable bonds is 4. The van der Waals surface area contributed by atoms with Crippen molar-refractivity contribution in [2.75, 3.05) is 5.43 Å². The maximum absolute atomic E-state index is 12.0. The van der Waals surface area contributed by atoms with Crippen LogP contribution in [0.5, 0.6) is 0 Å². The van der Waals surface area contributed by atoms with Crippen LogP contribution in [0.15, 0.2) is 34.1 Å². The summed E-state index contributed by atoms with van der Waals surface area (Å²) in [6.45, 7) is 2.43. The lowest BCUT2D eigenvalue weighted by Gasteiger charge is -2.08. The Labute approximate surface area is 124 Å². The van der Waals surface area contributed by atoms with Gasteiger partial charge in [0.2, 0.25) is 0 Å². The number of hydrazine groups is 1.